The average Bonchev–Trinajstić information content (AvgIpc) is 3.63. The van der Waals surface area contributed by atoms with Gasteiger partial charge in [0.25, 0.3) is 0 Å². The highest BCUT2D eigenvalue weighted by molar-refractivity contribution is 6.12. The predicted octanol–water partition coefficient (Wildman–Crippen LogP) is 12.6. The zero-order valence-electron chi connectivity index (χ0n) is 27.8. The third-order valence-corrected chi connectivity index (χ3v) is 12.1. The fraction of sp³-hybridized carbons (Fsp3) is 0.102. The Balaban J connectivity index is 1.11. The molecule has 7 aromatic rings. The van der Waals surface area contributed by atoms with E-state index >= 15 is 0 Å². The van der Waals surface area contributed by atoms with Crippen molar-refractivity contribution in [3.63, 3.8) is 0 Å². The van der Waals surface area contributed by atoms with Gasteiger partial charge < -0.3 is 4.90 Å². The normalized spacial score (nSPS) is 20.2. The number of fused-ring (bicyclic) bond motifs is 14. The van der Waals surface area contributed by atoms with Crippen LogP contribution in [0.25, 0.3) is 33.4 Å². The monoisotopic (exact) mass is 637 g/mol. The summed E-state index contributed by atoms with van der Waals surface area (Å²) in [6.45, 7) is 0. The lowest BCUT2D eigenvalue weighted by molar-refractivity contribution is 0.324. The van der Waals surface area contributed by atoms with Gasteiger partial charge >= 0.3 is 0 Å². The first-order valence-corrected chi connectivity index (χ1v) is 18.0. The minimum atomic E-state index is -0.345. The SMILES string of the molecule is c1ccc(N(c2ccccc2)c2ccc(-c3ccc4c(c3)C3(C5=C(c6ccccc63)C3CCC3c3ccccc35)c3ccccc3-4)cc2)cc1. The van der Waals surface area contributed by atoms with E-state index in [4.69, 9.17) is 0 Å². The van der Waals surface area contributed by atoms with Crippen LogP contribution in [0.15, 0.2) is 176 Å². The van der Waals surface area contributed by atoms with Crippen molar-refractivity contribution in [1.29, 1.82) is 0 Å². The summed E-state index contributed by atoms with van der Waals surface area (Å²) in [5.74, 6) is 1.21. The summed E-state index contributed by atoms with van der Waals surface area (Å²) in [5, 5.41) is 0. The zero-order valence-corrected chi connectivity index (χ0v) is 27.8. The number of rotatable bonds is 4. The first-order valence-electron chi connectivity index (χ1n) is 18.0. The van der Waals surface area contributed by atoms with Gasteiger partial charge in [-0.15, -0.1) is 0 Å². The molecule has 50 heavy (non-hydrogen) atoms. The van der Waals surface area contributed by atoms with Crippen LogP contribution < -0.4 is 4.90 Å². The second kappa shape index (κ2) is 10.5. The minimum absolute atomic E-state index is 0.345. The molecule has 0 bridgehead atoms. The van der Waals surface area contributed by atoms with Gasteiger partial charge in [0.05, 0.1) is 5.41 Å². The van der Waals surface area contributed by atoms with E-state index in [1.807, 2.05) is 0 Å². The zero-order chi connectivity index (χ0) is 32.8. The summed E-state index contributed by atoms with van der Waals surface area (Å²) in [7, 11) is 0. The summed E-state index contributed by atoms with van der Waals surface area (Å²) in [5.41, 5.74) is 20.2. The lowest BCUT2D eigenvalue weighted by Gasteiger charge is -2.45. The van der Waals surface area contributed by atoms with Crippen molar-refractivity contribution < 1.29 is 0 Å². The van der Waals surface area contributed by atoms with Gasteiger partial charge in [0.15, 0.2) is 0 Å². The Morgan fingerprint density at radius 1 is 0.400 bits per heavy atom. The third-order valence-electron chi connectivity index (χ3n) is 12.1. The summed E-state index contributed by atoms with van der Waals surface area (Å²) in [6, 6.07) is 65.6. The molecule has 7 aromatic carbocycles. The molecule has 0 amide bonds. The summed E-state index contributed by atoms with van der Waals surface area (Å²) in [4.78, 5) is 2.33. The maximum absolute atomic E-state index is 2.53. The van der Waals surface area contributed by atoms with Crippen LogP contribution in [0.4, 0.5) is 17.1 Å². The number of nitrogens with zero attached hydrogens (tertiary/aromatic N) is 1. The van der Waals surface area contributed by atoms with Crippen molar-refractivity contribution in [3.05, 3.63) is 209 Å². The molecule has 11 rings (SSSR count). The van der Waals surface area contributed by atoms with Crippen LogP contribution in [0.1, 0.15) is 52.1 Å². The summed E-state index contributed by atoms with van der Waals surface area (Å²) >= 11 is 0. The molecular formula is C49H35N. The highest BCUT2D eigenvalue weighted by atomic mass is 15.1. The van der Waals surface area contributed by atoms with Crippen LogP contribution in [0.2, 0.25) is 0 Å². The molecule has 3 atom stereocenters. The Bertz CT molecular complexity index is 2450. The van der Waals surface area contributed by atoms with Gasteiger partial charge in [0, 0.05) is 17.1 Å². The van der Waals surface area contributed by atoms with Gasteiger partial charge in [0.2, 0.25) is 0 Å². The highest BCUT2D eigenvalue weighted by Gasteiger charge is 2.57. The van der Waals surface area contributed by atoms with Gasteiger partial charge in [-0.25, -0.2) is 0 Å². The van der Waals surface area contributed by atoms with Gasteiger partial charge in [-0.2, -0.15) is 0 Å². The molecule has 4 aliphatic carbocycles. The van der Waals surface area contributed by atoms with E-state index in [2.05, 4.69) is 181 Å². The largest absolute Gasteiger partial charge is 0.311 e. The number of anilines is 3. The lowest BCUT2D eigenvalue weighted by Crippen LogP contribution is -2.33. The van der Waals surface area contributed by atoms with Gasteiger partial charge in [-0.05, 0) is 134 Å². The summed E-state index contributed by atoms with van der Waals surface area (Å²) in [6.07, 6.45) is 2.55. The molecule has 4 aliphatic rings. The van der Waals surface area contributed by atoms with Crippen molar-refractivity contribution in [2.45, 2.75) is 24.2 Å². The van der Waals surface area contributed by atoms with E-state index in [-0.39, 0.29) is 5.41 Å². The average molecular weight is 638 g/mol. The molecule has 0 radical (unpaired) electrons. The Labute approximate surface area is 293 Å². The number of allylic oxidation sites excluding steroid dienone is 2. The smallest absolute Gasteiger partial charge is 0.0728 e. The number of hydrogen-bond acceptors (Lipinski definition) is 1. The van der Waals surface area contributed by atoms with Crippen molar-refractivity contribution >= 4 is 28.2 Å². The molecule has 0 aromatic heterocycles. The molecule has 1 heteroatoms. The van der Waals surface area contributed by atoms with Gasteiger partial charge in [0.1, 0.15) is 0 Å². The first kappa shape index (κ1) is 28.0. The van der Waals surface area contributed by atoms with E-state index in [0.29, 0.717) is 11.8 Å². The Kier molecular flexibility index (Phi) is 5.90. The van der Waals surface area contributed by atoms with E-state index in [9.17, 15) is 0 Å². The van der Waals surface area contributed by atoms with Crippen molar-refractivity contribution in [3.8, 4) is 22.3 Å². The molecule has 1 nitrogen and oxygen atoms in total. The fourth-order valence-electron chi connectivity index (χ4n) is 9.94. The Morgan fingerprint density at radius 3 is 1.60 bits per heavy atom. The van der Waals surface area contributed by atoms with Crippen molar-refractivity contribution in [1.82, 2.24) is 0 Å². The minimum Gasteiger partial charge on any atom is -0.311 e. The van der Waals surface area contributed by atoms with E-state index in [1.54, 1.807) is 11.1 Å². The molecule has 0 saturated heterocycles. The van der Waals surface area contributed by atoms with E-state index in [0.717, 1.165) is 17.1 Å². The molecule has 1 saturated carbocycles. The Hall–Kier alpha value is -5.92. The topological polar surface area (TPSA) is 3.24 Å². The van der Waals surface area contributed by atoms with Crippen LogP contribution in [0.5, 0.6) is 0 Å². The lowest BCUT2D eigenvalue weighted by atomic mass is 9.58. The van der Waals surface area contributed by atoms with E-state index < -0.39 is 0 Å². The van der Waals surface area contributed by atoms with Crippen LogP contribution >= 0.6 is 0 Å². The predicted molar refractivity (Wildman–Crippen MR) is 207 cm³/mol. The molecular weight excluding hydrogens is 603 g/mol. The second-order valence-electron chi connectivity index (χ2n) is 14.3. The molecule has 236 valence electrons. The molecule has 1 fully saturated rings. The first-order chi connectivity index (χ1) is 24.8. The molecule has 0 N–H and O–H groups in total. The molecule has 0 heterocycles. The maximum Gasteiger partial charge on any atom is 0.0728 e. The fourth-order valence-corrected chi connectivity index (χ4v) is 9.94. The number of hydrogen-bond donors (Lipinski definition) is 0. The van der Waals surface area contributed by atoms with Crippen LogP contribution in [-0.2, 0) is 5.41 Å². The van der Waals surface area contributed by atoms with Crippen molar-refractivity contribution in [2.24, 2.45) is 5.92 Å². The highest BCUT2D eigenvalue weighted by Crippen LogP contribution is 2.70. The van der Waals surface area contributed by atoms with Crippen LogP contribution in [0, 0.1) is 5.92 Å². The standard InChI is InChI=1S/C49H35N/c1-3-13-34(14-4-1)50(35-15-5-2-6-16-35)36-26-23-32(24-27-36)33-25-28-40-39-18-9-11-21-44(39)49(46(40)31-33)45-22-12-10-20-43(45)47-41-30-29-38(41)37-17-7-8-19-42(37)48(47)49/h1-28,31,38,41H,29-30H2. The molecule has 3 unspecified atom stereocenters. The Morgan fingerprint density at radius 2 is 0.920 bits per heavy atom. The van der Waals surface area contributed by atoms with Crippen LogP contribution in [0.3, 0.4) is 0 Å². The second-order valence-corrected chi connectivity index (χ2v) is 14.3. The van der Waals surface area contributed by atoms with Gasteiger partial charge in [-0.3, -0.25) is 0 Å². The van der Waals surface area contributed by atoms with Gasteiger partial charge in [-0.1, -0.05) is 133 Å². The van der Waals surface area contributed by atoms with Crippen molar-refractivity contribution in [2.75, 3.05) is 4.90 Å². The quantitative estimate of drug-likeness (QED) is 0.186. The molecule has 0 aliphatic heterocycles. The summed E-state index contributed by atoms with van der Waals surface area (Å²) < 4.78 is 0. The van der Waals surface area contributed by atoms with E-state index in [1.165, 1.54) is 68.5 Å². The number of para-hydroxylation sites is 2. The van der Waals surface area contributed by atoms with Crippen LogP contribution in [-0.4, -0.2) is 0 Å². The molecule has 1 spiro atoms. The third kappa shape index (κ3) is 3.67. The maximum atomic E-state index is 2.53. The number of benzene rings is 7.